The molecule has 0 aliphatic carbocycles. The molecule has 3 rings (SSSR count). The quantitative estimate of drug-likeness (QED) is 0.736. The lowest BCUT2D eigenvalue weighted by molar-refractivity contribution is -0.116. The lowest BCUT2D eigenvalue weighted by Gasteiger charge is -2.10. The van der Waals surface area contributed by atoms with E-state index in [9.17, 15) is 9.59 Å². The highest BCUT2D eigenvalue weighted by atomic mass is 16.2. The Morgan fingerprint density at radius 3 is 2.33 bits per heavy atom. The number of aryl methyl sites for hydroxylation is 1. The van der Waals surface area contributed by atoms with Gasteiger partial charge in [-0.3, -0.25) is 9.59 Å². The van der Waals surface area contributed by atoms with Gasteiger partial charge in [-0.1, -0.05) is 35.9 Å². The molecule has 122 valence electrons. The van der Waals surface area contributed by atoms with Crippen LogP contribution in [-0.2, 0) is 11.3 Å². The zero-order chi connectivity index (χ0) is 17.3. The molecule has 4 nitrogen and oxygen atoms in total. The Morgan fingerprint density at radius 1 is 1.00 bits per heavy atom. The van der Waals surface area contributed by atoms with Crippen LogP contribution in [0.4, 0.5) is 5.69 Å². The van der Waals surface area contributed by atoms with Gasteiger partial charge in [0.2, 0.25) is 5.91 Å². The third-order valence-electron chi connectivity index (χ3n) is 4.22. The van der Waals surface area contributed by atoms with E-state index in [2.05, 4.69) is 5.32 Å². The van der Waals surface area contributed by atoms with Gasteiger partial charge in [0.1, 0.15) is 6.54 Å². The number of amides is 1. The van der Waals surface area contributed by atoms with Gasteiger partial charge in [-0.2, -0.15) is 0 Å². The van der Waals surface area contributed by atoms with E-state index in [-0.39, 0.29) is 18.2 Å². The largest absolute Gasteiger partial charge is 0.335 e. The molecule has 0 unspecified atom stereocenters. The van der Waals surface area contributed by atoms with Crippen LogP contribution in [-0.4, -0.2) is 16.3 Å². The van der Waals surface area contributed by atoms with Gasteiger partial charge < -0.3 is 9.88 Å². The third kappa shape index (κ3) is 2.95. The Morgan fingerprint density at radius 2 is 1.67 bits per heavy atom. The topological polar surface area (TPSA) is 51.1 Å². The maximum absolute atomic E-state index is 12.4. The number of fused-ring (bicyclic) bond motifs is 1. The molecular weight excluding hydrogens is 300 g/mol. The Hall–Kier alpha value is -2.88. The van der Waals surface area contributed by atoms with E-state index in [1.54, 1.807) is 6.92 Å². The number of carbonyl (C=O) groups is 2. The van der Waals surface area contributed by atoms with Crippen molar-refractivity contribution in [2.75, 3.05) is 5.32 Å². The predicted molar refractivity (Wildman–Crippen MR) is 96.5 cm³/mol. The molecule has 0 saturated heterocycles. The molecule has 0 aliphatic heterocycles. The summed E-state index contributed by atoms with van der Waals surface area (Å²) < 4.78 is 1.90. The summed E-state index contributed by atoms with van der Waals surface area (Å²) in [6.45, 7) is 5.62. The molecule has 24 heavy (non-hydrogen) atoms. The monoisotopic (exact) mass is 320 g/mol. The van der Waals surface area contributed by atoms with Crippen LogP contribution in [0.5, 0.6) is 0 Å². The number of nitrogens with one attached hydrogen (secondary N) is 1. The number of ketones is 1. The van der Waals surface area contributed by atoms with Gasteiger partial charge in [-0.25, -0.2) is 0 Å². The molecule has 0 bridgehead atoms. The van der Waals surface area contributed by atoms with Crippen molar-refractivity contribution in [3.05, 3.63) is 65.4 Å². The molecule has 0 fully saturated rings. The average molecular weight is 320 g/mol. The number of aromatic nitrogens is 1. The van der Waals surface area contributed by atoms with Crippen LogP contribution in [0.1, 0.15) is 28.5 Å². The zero-order valence-corrected chi connectivity index (χ0v) is 14.1. The smallest absolute Gasteiger partial charge is 0.244 e. The molecule has 0 spiro atoms. The molecule has 1 N–H and O–H groups in total. The highest BCUT2D eigenvalue weighted by molar-refractivity contribution is 6.08. The molecule has 2 aromatic carbocycles. The molecule has 0 saturated carbocycles. The van der Waals surface area contributed by atoms with Crippen LogP contribution in [0.25, 0.3) is 10.9 Å². The summed E-state index contributed by atoms with van der Waals surface area (Å²) in [5.74, 6) is -0.0980. The molecule has 1 heterocycles. The standard InChI is InChI=1S/C20H20N2O2/c1-13-8-10-16(11-9-13)21-19(24)12-22-14(2)20(15(3)23)17-6-4-5-7-18(17)22/h4-11H,12H2,1-3H3,(H,21,24). The number of benzene rings is 2. The Balaban J connectivity index is 1.92. The zero-order valence-electron chi connectivity index (χ0n) is 14.1. The van der Waals surface area contributed by atoms with Crippen molar-refractivity contribution in [2.24, 2.45) is 0 Å². The number of para-hydroxylation sites is 1. The first kappa shape index (κ1) is 16.0. The molecule has 0 aliphatic rings. The van der Waals surface area contributed by atoms with Gasteiger partial charge in [0.05, 0.1) is 0 Å². The SMILES string of the molecule is CC(=O)c1c(C)n(CC(=O)Nc2ccc(C)cc2)c2ccccc12. The van der Waals surface area contributed by atoms with Gasteiger partial charge >= 0.3 is 0 Å². The van der Waals surface area contributed by atoms with Crippen molar-refractivity contribution in [1.82, 2.24) is 4.57 Å². The number of hydrogen-bond donors (Lipinski definition) is 1. The number of carbonyl (C=O) groups excluding carboxylic acids is 2. The van der Waals surface area contributed by atoms with Crippen molar-refractivity contribution in [3.8, 4) is 0 Å². The van der Waals surface area contributed by atoms with E-state index in [1.165, 1.54) is 0 Å². The fourth-order valence-electron chi connectivity index (χ4n) is 3.06. The molecule has 3 aromatic rings. The summed E-state index contributed by atoms with van der Waals surface area (Å²) in [7, 11) is 0. The van der Waals surface area contributed by atoms with Gasteiger partial charge in [0.15, 0.2) is 5.78 Å². The lowest BCUT2D eigenvalue weighted by atomic mass is 10.1. The van der Waals surface area contributed by atoms with Gasteiger partial charge in [0, 0.05) is 27.8 Å². The number of hydrogen-bond acceptors (Lipinski definition) is 2. The predicted octanol–water partition coefficient (Wildman–Crippen LogP) is 4.10. The first-order chi connectivity index (χ1) is 11.5. The van der Waals surface area contributed by atoms with Crippen molar-refractivity contribution in [1.29, 1.82) is 0 Å². The Labute approximate surface area is 141 Å². The molecule has 1 aromatic heterocycles. The summed E-state index contributed by atoms with van der Waals surface area (Å²) in [6, 6.07) is 15.4. The summed E-state index contributed by atoms with van der Waals surface area (Å²) in [5.41, 5.74) is 4.33. The lowest BCUT2D eigenvalue weighted by Crippen LogP contribution is -2.19. The molecule has 0 radical (unpaired) electrons. The second kappa shape index (κ2) is 6.32. The van der Waals surface area contributed by atoms with Gasteiger partial charge in [-0.05, 0) is 39.0 Å². The second-order valence-corrected chi connectivity index (χ2v) is 6.03. The van der Waals surface area contributed by atoms with E-state index >= 15 is 0 Å². The van der Waals surface area contributed by atoms with Crippen LogP contribution >= 0.6 is 0 Å². The minimum Gasteiger partial charge on any atom is -0.335 e. The first-order valence-electron chi connectivity index (χ1n) is 7.92. The third-order valence-corrected chi connectivity index (χ3v) is 4.22. The summed E-state index contributed by atoms with van der Waals surface area (Å²) in [4.78, 5) is 24.4. The Bertz CT molecular complexity index is 921. The summed E-state index contributed by atoms with van der Waals surface area (Å²) in [5, 5.41) is 3.80. The number of rotatable bonds is 4. The van der Waals surface area contributed by atoms with Crippen LogP contribution in [0.2, 0.25) is 0 Å². The normalized spacial score (nSPS) is 10.8. The van der Waals surface area contributed by atoms with Gasteiger partial charge in [-0.15, -0.1) is 0 Å². The van der Waals surface area contributed by atoms with Crippen LogP contribution in [0.15, 0.2) is 48.5 Å². The highest BCUT2D eigenvalue weighted by Gasteiger charge is 2.18. The maximum atomic E-state index is 12.4. The van der Waals surface area contributed by atoms with E-state index in [0.717, 1.165) is 27.8 Å². The fraction of sp³-hybridized carbons (Fsp3) is 0.200. The van der Waals surface area contributed by atoms with Crippen molar-refractivity contribution >= 4 is 28.3 Å². The van der Waals surface area contributed by atoms with E-state index < -0.39 is 0 Å². The second-order valence-electron chi connectivity index (χ2n) is 6.03. The fourth-order valence-corrected chi connectivity index (χ4v) is 3.06. The van der Waals surface area contributed by atoms with Crippen molar-refractivity contribution in [2.45, 2.75) is 27.3 Å². The van der Waals surface area contributed by atoms with E-state index in [4.69, 9.17) is 0 Å². The highest BCUT2D eigenvalue weighted by Crippen LogP contribution is 2.26. The number of anilines is 1. The Kier molecular flexibility index (Phi) is 4.21. The molecule has 4 heteroatoms. The van der Waals surface area contributed by atoms with Gasteiger partial charge in [0.25, 0.3) is 0 Å². The first-order valence-corrected chi connectivity index (χ1v) is 7.92. The molecule has 1 amide bonds. The summed E-state index contributed by atoms with van der Waals surface area (Å²) >= 11 is 0. The molecule has 0 atom stereocenters. The van der Waals surface area contributed by atoms with Crippen molar-refractivity contribution < 1.29 is 9.59 Å². The van der Waals surface area contributed by atoms with Crippen LogP contribution < -0.4 is 5.32 Å². The van der Waals surface area contributed by atoms with Crippen molar-refractivity contribution in [3.63, 3.8) is 0 Å². The maximum Gasteiger partial charge on any atom is 0.244 e. The number of Topliss-reactive ketones (excluding diaryl/α,β-unsaturated/α-hetero) is 1. The van der Waals surface area contributed by atoms with Crippen LogP contribution in [0, 0.1) is 13.8 Å². The van der Waals surface area contributed by atoms with Crippen LogP contribution in [0.3, 0.4) is 0 Å². The van der Waals surface area contributed by atoms with E-state index in [0.29, 0.717) is 5.56 Å². The minimum atomic E-state index is -0.113. The summed E-state index contributed by atoms with van der Waals surface area (Å²) in [6.07, 6.45) is 0. The number of nitrogens with zero attached hydrogens (tertiary/aromatic N) is 1. The van der Waals surface area contributed by atoms with E-state index in [1.807, 2.05) is 66.9 Å². The average Bonchev–Trinajstić information content (AvgIpc) is 2.82. The molecular formula is C20H20N2O2. The minimum absolute atomic E-state index is 0.0152.